The molecule has 0 bridgehead atoms. The number of carbonyl (C=O) groups excluding carboxylic acids is 1. The van der Waals surface area contributed by atoms with Gasteiger partial charge in [0.25, 0.3) is 0 Å². The third kappa shape index (κ3) is 4.57. The number of carbonyl (C=O) groups is 1. The summed E-state index contributed by atoms with van der Waals surface area (Å²) in [4.78, 5) is 16.2. The summed E-state index contributed by atoms with van der Waals surface area (Å²) >= 11 is 0. The third-order valence-corrected chi connectivity index (χ3v) is 5.41. The van der Waals surface area contributed by atoms with Crippen LogP contribution in [0.4, 0.5) is 14.6 Å². The van der Waals surface area contributed by atoms with Crippen molar-refractivity contribution in [1.82, 2.24) is 4.98 Å². The van der Waals surface area contributed by atoms with Crippen molar-refractivity contribution in [1.29, 1.82) is 5.26 Å². The molecule has 1 aliphatic carbocycles. The molecule has 2 fully saturated rings. The summed E-state index contributed by atoms with van der Waals surface area (Å²) in [6.45, 7) is 1.30. The molecule has 1 N–H and O–H groups in total. The van der Waals surface area contributed by atoms with Gasteiger partial charge in [0.2, 0.25) is 12.3 Å². The van der Waals surface area contributed by atoms with Crippen molar-refractivity contribution >= 4 is 11.7 Å². The number of pyridine rings is 1. The van der Waals surface area contributed by atoms with E-state index in [1.807, 2.05) is 6.07 Å². The smallest absolute Gasteiger partial charge is 0.242 e. The van der Waals surface area contributed by atoms with Crippen LogP contribution in [0.3, 0.4) is 0 Å². The molecule has 2 heterocycles. The summed E-state index contributed by atoms with van der Waals surface area (Å²) in [5.41, 5.74) is 1.93. The van der Waals surface area contributed by atoms with E-state index in [9.17, 15) is 18.8 Å². The highest BCUT2D eigenvalue weighted by molar-refractivity contribution is 5.94. The van der Waals surface area contributed by atoms with E-state index in [0.717, 1.165) is 24.0 Å². The molecule has 1 aromatic heterocycles. The Labute approximate surface area is 172 Å². The Kier molecular flexibility index (Phi) is 5.91. The van der Waals surface area contributed by atoms with Crippen molar-refractivity contribution in [3.63, 3.8) is 0 Å². The fourth-order valence-corrected chi connectivity index (χ4v) is 3.57. The molecule has 2 atom stereocenters. The zero-order valence-electron chi connectivity index (χ0n) is 16.2. The van der Waals surface area contributed by atoms with Crippen molar-refractivity contribution < 1.29 is 23.0 Å². The summed E-state index contributed by atoms with van der Waals surface area (Å²) in [5, 5.41) is 12.2. The molecule has 8 heteroatoms. The Hall–Kier alpha value is -3.05. The molecule has 2 aliphatic rings. The average molecular weight is 413 g/mol. The maximum Gasteiger partial charge on any atom is 0.242 e. The van der Waals surface area contributed by atoms with E-state index in [1.54, 1.807) is 24.3 Å². The van der Waals surface area contributed by atoms with Crippen LogP contribution in [-0.2, 0) is 9.53 Å². The van der Waals surface area contributed by atoms with Crippen molar-refractivity contribution in [3.8, 4) is 22.9 Å². The first kappa shape index (κ1) is 20.2. The molecular formula is C22H21F2N3O3. The Morgan fingerprint density at radius 1 is 1.23 bits per heavy atom. The number of nitriles is 1. The first-order valence-electron chi connectivity index (χ1n) is 9.89. The molecule has 1 saturated carbocycles. The molecular weight excluding hydrogens is 392 g/mol. The van der Waals surface area contributed by atoms with Crippen LogP contribution in [-0.4, -0.2) is 36.6 Å². The molecule has 0 radical (unpaired) electrons. The van der Waals surface area contributed by atoms with Gasteiger partial charge in [-0.3, -0.25) is 4.79 Å². The topological polar surface area (TPSA) is 84.2 Å². The standard InChI is InChI=1S/C22H21F2N3O3/c23-21(24)17-11-18(17)22(28)27-20-10-14(3-6-26-20)13-1-2-19(15(9-13)12-25)30-16-4-7-29-8-5-16/h1-3,6,9-10,16-18,21H,4-5,7-8,11H2,(H,26,27,28)/t17?,18-/m0/s1. The number of benzene rings is 1. The van der Waals surface area contributed by atoms with Crippen molar-refractivity contribution in [2.75, 3.05) is 18.5 Å². The number of hydrogen-bond acceptors (Lipinski definition) is 5. The van der Waals surface area contributed by atoms with E-state index in [2.05, 4.69) is 16.4 Å². The van der Waals surface area contributed by atoms with Gasteiger partial charge in [-0.2, -0.15) is 5.26 Å². The van der Waals surface area contributed by atoms with Crippen LogP contribution in [0.15, 0.2) is 36.5 Å². The maximum absolute atomic E-state index is 12.7. The monoisotopic (exact) mass is 413 g/mol. The lowest BCUT2D eigenvalue weighted by Crippen LogP contribution is -2.26. The zero-order chi connectivity index (χ0) is 21.1. The van der Waals surface area contributed by atoms with Crippen LogP contribution >= 0.6 is 0 Å². The molecule has 30 heavy (non-hydrogen) atoms. The Morgan fingerprint density at radius 3 is 2.70 bits per heavy atom. The van der Waals surface area contributed by atoms with Gasteiger partial charge in [-0.05, 0) is 41.8 Å². The average Bonchev–Trinajstić information content (AvgIpc) is 3.56. The van der Waals surface area contributed by atoms with Gasteiger partial charge in [0, 0.05) is 30.9 Å². The zero-order valence-corrected chi connectivity index (χ0v) is 16.2. The fourth-order valence-electron chi connectivity index (χ4n) is 3.57. The normalized spacial score (nSPS) is 21.1. The summed E-state index contributed by atoms with van der Waals surface area (Å²) in [6, 6.07) is 10.9. The van der Waals surface area contributed by atoms with Crippen LogP contribution in [0.25, 0.3) is 11.1 Å². The number of hydrogen-bond donors (Lipinski definition) is 1. The molecule has 1 amide bonds. The molecule has 1 saturated heterocycles. The summed E-state index contributed by atoms with van der Waals surface area (Å²) < 4.78 is 36.6. The lowest BCUT2D eigenvalue weighted by Gasteiger charge is -2.23. The van der Waals surface area contributed by atoms with Crippen LogP contribution in [0.2, 0.25) is 0 Å². The Morgan fingerprint density at radius 2 is 2.00 bits per heavy atom. The van der Waals surface area contributed by atoms with Gasteiger partial charge >= 0.3 is 0 Å². The summed E-state index contributed by atoms with van der Waals surface area (Å²) in [6.07, 6.45) is 0.843. The van der Waals surface area contributed by atoms with E-state index in [1.165, 1.54) is 6.20 Å². The van der Waals surface area contributed by atoms with Crippen LogP contribution < -0.4 is 10.1 Å². The van der Waals surface area contributed by atoms with Gasteiger partial charge < -0.3 is 14.8 Å². The summed E-state index contributed by atoms with van der Waals surface area (Å²) in [5.74, 6) is -1.15. The van der Waals surface area contributed by atoms with Gasteiger partial charge in [0.15, 0.2) is 0 Å². The predicted molar refractivity (Wildman–Crippen MR) is 105 cm³/mol. The maximum atomic E-state index is 12.7. The fraction of sp³-hybridized carbons (Fsp3) is 0.409. The minimum absolute atomic E-state index is 0.0268. The summed E-state index contributed by atoms with van der Waals surface area (Å²) in [7, 11) is 0. The number of alkyl halides is 2. The highest BCUT2D eigenvalue weighted by Gasteiger charge is 2.48. The van der Waals surface area contributed by atoms with Crippen molar-refractivity contribution in [2.24, 2.45) is 11.8 Å². The second-order valence-corrected chi connectivity index (χ2v) is 7.51. The largest absolute Gasteiger partial charge is 0.489 e. The van der Waals surface area contributed by atoms with Gasteiger partial charge in [-0.15, -0.1) is 0 Å². The molecule has 0 spiro atoms. The van der Waals surface area contributed by atoms with Crippen LogP contribution in [0.5, 0.6) is 5.75 Å². The second kappa shape index (κ2) is 8.76. The van der Waals surface area contributed by atoms with Gasteiger partial charge in [-0.1, -0.05) is 6.07 Å². The minimum Gasteiger partial charge on any atom is -0.489 e. The van der Waals surface area contributed by atoms with Crippen molar-refractivity contribution in [3.05, 3.63) is 42.1 Å². The molecule has 4 rings (SSSR count). The number of halogens is 2. The van der Waals surface area contributed by atoms with E-state index in [0.29, 0.717) is 30.3 Å². The van der Waals surface area contributed by atoms with E-state index >= 15 is 0 Å². The molecule has 1 unspecified atom stereocenters. The number of rotatable bonds is 6. The van der Waals surface area contributed by atoms with Crippen molar-refractivity contribution in [2.45, 2.75) is 31.8 Å². The number of anilines is 1. The lowest BCUT2D eigenvalue weighted by atomic mass is 10.0. The molecule has 1 aliphatic heterocycles. The van der Waals surface area contributed by atoms with E-state index in [4.69, 9.17) is 9.47 Å². The number of aromatic nitrogens is 1. The Bertz CT molecular complexity index is 970. The predicted octanol–water partition coefficient (Wildman–Crippen LogP) is 4.02. The van der Waals surface area contributed by atoms with Crippen LogP contribution in [0, 0.1) is 23.2 Å². The van der Waals surface area contributed by atoms with E-state index < -0.39 is 24.2 Å². The number of amides is 1. The molecule has 6 nitrogen and oxygen atoms in total. The number of nitrogens with zero attached hydrogens (tertiary/aromatic N) is 2. The molecule has 156 valence electrons. The Balaban J connectivity index is 1.48. The minimum atomic E-state index is -2.48. The molecule has 2 aromatic rings. The lowest BCUT2D eigenvalue weighted by molar-refractivity contribution is -0.118. The second-order valence-electron chi connectivity index (χ2n) is 7.51. The SMILES string of the molecule is N#Cc1cc(-c2ccnc(NC(=O)[C@H]3CC3C(F)F)c2)ccc1OC1CCOCC1. The van der Waals surface area contributed by atoms with Crippen LogP contribution in [0.1, 0.15) is 24.8 Å². The number of ether oxygens (including phenoxy) is 2. The highest BCUT2D eigenvalue weighted by Crippen LogP contribution is 2.43. The first-order chi connectivity index (χ1) is 14.5. The van der Waals surface area contributed by atoms with Gasteiger partial charge in [0.05, 0.1) is 18.8 Å². The quantitative estimate of drug-likeness (QED) is 0.773. The van der Waals surface area contributed by atoms with E-state index in [-0.39, 0.29) is 12.5 Å². The van der Waals surface area contributed by atoms with Gasteiger partial charge in [0.1, 0.15) is 23.7 Å². The highest BCUT2D eigenvalue weighted by atomic mass is 19.3. The molecule has 1 aromatic carbocycles. The van der Waals surface area contributed by atoms with Gasteiger partial charge in [-0.25, -0.2) is 13.8 Å². The third-order valence-electron chi connectivity index (χ3n) is 5.41. The number of nitrogens with one attached hydrogen (secondary N) is 1. The first-order valence-corrected chi connectivity index (χ1v) is 9.89.